The summed E-state index contributed by atoms with van der Waals surface area (Å²) in [5.41, 5.74) is 7.73. The molecule has 4 nitrogen and oxygen atoms in total. The number of nitrogens with zero attached hydrogens (tertiary/aromatic N) is 2. The van der Waals surface area contributed by atoms with Crippen LogP contribution in [0.25, 0.3) is 11.0 Å². The zero-order valence-corrected chi connectivity index (χ0v) is 18.8. The summed E-state index contributed by atoms with van der Waals surface area (Å²) in [5, 5.41) is 3.43. The summed E-state index contributed by atoms with van der Waals surface area (Å²) in [4.78, 5) is 17.4. The van der Waals surface area contributed by atoms with Crippen LogP contribution in [-0.2, 0) is 13.0 Å². The summed E-state index contributed by atoms with van der Waals surface area (Å²) in [6, 6.07) is 19.7. The van der Waals surface area contributed by atoms with Crippen LogP contribution in [0.3, 0.4) is 0 Å². The third-order valence-corrected chi connectivity index (χ3v) is 5.97. The molecule has 1 aromatic heterocycles. The standard InChI is InChI=1S/C26H26ClN3O/c1-17-14-18(2)21(19(3)15-17)16-30-24-11-7-6-10-23(24)29-25(30)12-13-28-26(31)20-8-4-5-9-22(20)27/h4-11,14-15H,12-13,16H2,1-3H3,(H,28,31). The van der Waals surface area contributed by atoms with E-state index in [1.807, 2.05) is 30.3 Å². The minimum Gasteiger partial charge on any atom is -0.352 e. The van der Waals surface area contributed by atoms with E-state index in [1.54, 1.807) is 12.1 Å². The Morgan fingerprint density at radius 3 is 2.42 bits per heavy atom. The minimum absolute atomic E-state index is 0.168. The zero-order valence-electron chi connectivity index (χ0n) is 18.1. The van der Waals surface area contributed by atoms with Gasteiger partial charge in [-0.2, -0.15) is 0 Å². The van der Waals surface area contributed by atoms with E-state index in [9.17, 15) is 4.79 Å². The number of para-hydroxylation sites is 2. The van der Waals surface area contributed by atoms with Crippen LogP contribution in [0.2, 0.25) is 5.02 Å². The number of imidazole rings is 1. The van der Waals surface area contributed by atoms with Crippen molar-refractivity contribution >= 4 is 28.5 Å². The van der Waals surface area contributed by atoms with Crippen molar-refractivity contribution in [3.8, 4) is 0 Å². The molecule has 5 heteroatoms. The predicted molar refractivity (Wildman–Crippen MR) is 127 cm³/mol. The number of amides is 1. The molecule has 0 aliphatic carbocycles. The van der Waals surface area contributed by atoms with Crippen molar-refractivity contribution in [3.05, 3.63) is 99.3 Å². The van der Waals surface area contributed by atoms with Gasteiger partial charge in [0.25, 0.3) is 5.91 Å². The summed E-state index contributed by atoms with van der Waals surface area (Å²) in [6.45, 7) is 7.70. The van der Waals surface area contributed by atoms with Gasteiger partial charge in [0.1, 0.15) is 5.82 Å². The lowest BCUT2D eigenvalue weighted by atomic mass is 9.99. The number of hydrogen-bond acceptors (Lipinski definition) is 2. The first-order chi connectivity index (χ1) is 14.9. The van der Waals surface area contributed by atoms with E-state index in [-0.39, 0.29) is 5.91 Å². The maximum Gasteiger partial charge on any atom is 0.252 e. The Morgan fingerprint density at radius 2 is 1.68 bits per heavy atom. The van der Waals surface area contributed by atoms with Crippen LogP contribution in [-0.4, -0.2) is 22.0 Å². The maximum atomic E-state index is 12.5. The van der Waals surface area contributed by atoms with Crippen LogP contribution in [0.15, 0.2) is 60.7 Å². The number of carbonyl (C=O) groups is 1. The summed E-state index contributed by atoms with van der Waals surface area (Å²) >= 11 is 6.15. The quantitative estimate of drug-likeness (QED) is 0.429. The van der Waals surface area contributed by atoms with Gasteiger partial charge in [0.2, 0.25) is 0 Å². The van der Waals surface area contributed by atoms with Gasteiger partial charge in [-0.1, -0.05) is 53.6 Å². The smallest absolute Gasteiger partial charge is 0.252 e. The van der Waals surface area contributed by atoms with Crippen molar-refractivity contribution in [2.24, 2.45) is 0 Å². The van der Waals surface area contributed by atoms with Crippen molar-refractivity contribution in [1.82, 2.24) is 14.9 Å². The highest BCUT2D eigenvalue weighted by Crippen LogP contribution is 2.23. The van der Waals surface area contributed by atoms with Crippen LogP contribution in [0.5, 0.6) is 0 Å². The molecule has 0 spiro atoms. The van der Waals surface area contributed by atoms with Crippen molar-refractivity contribution in [2.45, 2.75) is 33.7 Å². The van der Waals surface area contributed by atoms with Gasteiger partial charge >= 0.3 is 0 Å². The molecule has 0 saturated heterocycles. The first kappa shape index (κ1) is 21.1. The average molecular weight is 432 g/mol. The number of aryl methyl sites for hydroxylation is 3. The molecule has 0 fully saturated rings. The second kappa shape index (κ2) is 8.94. The lowest BCUT2D eigenvalue weighted by Gasteiger charge is -2.15. The molecule has 0 radical (unpaired) electrons. The highest BCUT2D eigenvalue weighted by atomic mass is 35.5. The summed E-state index contributed by atoms with van der Waals surface area (Å²) in [6.07, 6.45) is 0.634. The maximum absolute atomic E-state index is 12.5. The second-order valence-corrected chi connectivity index (χ2v) is 8.37. The third kappa shape index (κ3) is 4.49. The molecule has 0 unspecified atom stereocenters. The second-order valence-electron chi connectivity index (χ2n) is 7.97. The Labute approximate surface area is 187 Å². The Kier molecular flexibility index (Phi) is 6.10. The largest absolute Gasteiger partial charge is 0.352 e. The van der Waals surface area contributed by atoms with Gasteiger partial charge < -0.3 is 9.88 Å². The van der Waals surface area contributed by atoms with Gasteiger partial charge in [-0.25, -0.2) is 4.98 Å². The Morgan fingerprint density at radius 1 is 1.00 bits per heavy atom. The molecule has 0 aliphatic rings. The highest BCUT2D eigenvalue weighted by molar-refractivity contribution is 6.33. The van der Waals surface area contributed by atoms with Crippen molar-refractivity contribution < 1.29 is 4.79 Å². The molecule has 31 heavy (non-hydrogen) atoms. The van der Waals surface area contributed by atoms with Gasteiger partial charge in [-0.05, 0) is 61.7 Å². The Hall–Kier alpha value is -3.11. The van der Waals surface area contributed by atoms with E-state index < -0.39 is 0 Å². The minimum atomic E-state index is -0.168. The Bertz CT molecular complexity index is 1240. The van der Waals surface area contributed by atoms with Crippen molar-refractivity contribution in [2.75, 3.05) is 6.54 Å². The number of benzene rings is 3. The van der Waals surface area contributed by atoms with E-state index in [1.165, 1.54) is 22.3 Å². The molecule has 0 bridgehead atoms. The summed E-state index contributed by atoms with van der Waals surface area (Å²) in [7, 11) is 0. The molecule has 4 rings (SSSR count). The van der Waals surface area contributed by atoms with E-state index in [0.717, 1.165) is 23.4 Å². The average Bonchev–Trinajstić information content (AvgIpc) is 3.08. The van der Waals surface area contributed by atoms with Crippen LogP contribution in [0.4, 0.5) is 0 Å². The normalized spacial score (nSPS) is 11.1. The molecule has 3 aromatic carbocycles. The molecule has 0 saturated carbocycles. The van der Waals surface area contributed by atoms with Crippen LogP contribution < -0.4 is 5.32 Å². The van der Waals surface area contributed by atoms with Gasteiger partial charge in [0, 0.05) is 19.5 Å². The predicted octanol–water partition coefficient (Wildman–Crippen LogP) is 5.64. The fourth-order valence-corrected chi connectivity index (χ4v) is 4.36. The monoisotopic (exact) mass is 431 g/mol. The van der Waals surface area contributed by atoms with E-state index in [0.29, 0.717) is 23.6 Å². The number of halogens is 1. The van der Waals surface area contributed by atoms with Crippen LogP contribution >= 0.6 is 11.6 Å². The number of aromatic nitrogens is 2. The molecule has 1 heterocycles. The summed E-state index contributed by atoms with van der Waals surface area (Å²) in [5.74, 6) is 0.790. The fraction of sp³-hybridized carbons (Fsp3) is 0.231. The number of rotatable bonds is 6. The van der Waals surface area contributed by atoms with Crippen molar-refractivity contribution in [3.63, 3.8) is 0 Å². The molecule has 1 N–H and O–H groups in total. The van der Waals surface area contributed by atoms with Crippen LogP contribution in [0, 0.1) is 20.8 Å². The number of fused-ring (bicyclic) bond motifs is 1. The molecule has 1 amide bonds. The molecule has 158 valence electrons. The number of carbonyl (C=O) groups excluding carboxylic acids is 1. The number of nitrogens with one attached hydrogen (secondary N) is 1. The van der Waals surface area contributed by atoms with Crippen LogP contribution in [0.1, 0.15) is 38.4 Å². The highest BCUT2D eigenvalue weighted by Gasteiger charge is 2.14. The van der Waals surface area contributed by atoms with Crippen molar-refractivity contribution in [1.29, 1.82) is 0 Å². The summed E-state index contributed by atoms with van der Waals surface area (Å²) < 4.78 is 2.27. The van der Waals surface area contributed by atoms with E-state index >= 15 is 0 Å². The number of hydrogen-bond donors (Lipinski definition) is 1. The fourth-order valence-electron chi connectivity index (χ4n) is 4.14. The van der Waals surface area contributed by atoms with Gasteiger partial charge in [-0.15, -0.1) is 0 Å². The molecule has 0 aliphatic heterocycles. The third-order valence-electron chi connectivity index (χ3n) is 5.64. The van der Waals surface area contributed by atoms with Gasteiger partial charge in [0.15, 0.2) is 0 Å². The lowest BCUT2D eigenvalue weighted by molar-refractivity contribution is 0.0954. The molecule has 4 aromatic rings. The zero-order chi connectivity index (χ0) is 22.0. The first-order valence-electron chi connectivity index (χ1n) is 10.5. The molecule has 0 atom stereocenters. The van der Waals surface area contributed by atoms with E-state index in [4.69, 9.17) is 16.6 Å². The molecular formula is C26H26ClN3O. The van der Waals surface area contributed by atoms with Gasteiger partial charge in [-0.3, -0.25) is 4.79 Å². The first-order valence-corrected chi connectivity index (χ1v) is 10.9. The topological polar surface area (TPSA) is 46.9 Å². The lowest BCUT2D eigenvalue weighted by Crippen LogP contribution is -2.26. The van der Waals surface area contributed by atoms with E-state index in [2.05, 4.69) is 48.9 Å². The SMILES string of the molecule is Cc1cc(C)c(Cn2c(CCNC(=O)c3ccccc3Cl)nc3ccccc32)c(C)c1. The molecular weight excluding hydrogens is 406 g/mol. The Balaban J connectivity index is 1.59. The van der Waals surface area contributed by atoms with Gasteiger partial charge in [0.05, 0.1) is 21.6 Å².